The molecule has 1 heterocycles. The third kappa shape index (κ3) is 3.22. The second kappa shape index (κ2) is 6.22. The predicted octanol–water partition coefficient (Wildman–Crippen LogP) is 3.32. The largest absolute Gasteiger partial charge is 0.278 e. The first-order valence-corrected chi connectivity index (χ1v) is 7.21. The first kappa shape index (κ1) is 15.4. The zero-order valence-electron chi connectivity index (χ0n) is 12.3. The summed E-state index contributed by atoms with van der Waals surface area (Å²) in [6.45, 7) is 6.38. The summed E-state index contributed by atoms with van der Waals surface area (Å²) in [5.41, 5.74) is 3.19. The van der Waals surface area contributed by atoms with Gasteiger partial charge >= 0.3 is 0 Å². The van der Waals surface area contributed by atoms with Gasteiger partial charge in [-0.15, -0.1) is 0 Å². The van der Waals surface area contributed by atoms with E-state index in [1.54, 1.807) is 0 Å². The van der Waals surface area contributed by atoms with Gasteiger partial charge in [0.05, 0.1) is 5.69 Å². The van der Waals surface area contributed by atoms with Crippen molar-refractivity contribution in [3.05, 3.63) is 51.3 Å². The smallest absolute Gasteiger partial charge is 0.275 e. The minimum absolute atomic E-state index is 0.0323. The van der Waals surface area contributed by atoms with Crippen LogP contribution < -0.4 is 5.56 Å². The Kier molecular flexibility index (Phi) is 4.58. The molecule has 2 aromatic rings. The van der Waals surface area contributed by atoms with E-state index in [4.69, 9.17) is 11.6 Å². The highest BCUT2D eigenvalue weighted by Gasteiger charge is 2.15. The van der Waals surface area contributed by atoms with Crippen molar-refractivity contribution in [1.29, 1.82) is 0 Å². The summed E-state index contributed by atoms with van der Waals surface area (Å²) in [5.74, 6) is 0. The fourth-order valence-electron chi connectivity index (χ4n) is 2.28. The Morgan fingerprint density at radius 1 is 1.29 bits per heavy atom. The van der Waals surface area contributed by atoms with Crippen LogP contribution >= 0.6 is 11.6 Å². The molecule has 0 saturated heterocycles. The van der Waals surface area contributed by atoms with Gasteiger partial charge in [-0.25, -0.2) is 4.68 Å². The highest BCUT2D eigenvalue weighted by Crippen LogP contribution is 2.22. The molecule has 0 aliphatic rings. The van der Waals surface area contributed by atoms with E-state index in [0.29, 0.717) is 12.2 Å². The molecule has 0 aliphatic heterocycles. The van der Waals surface area contributed by atoms with Crippen LogP contribution in [0.5, 0.6) is 0 Å². The molecule has 0 atom stereocenters. The molecule has 0 N–H and O–H groups in total. The number of hydrogen-bond donors (Lipinski definition) is 0. The summed E-state index contributed by atoms with van der Waals surface area (Å²) >= 11 is 5.53. The lowest BCUT2D eigenvalue weighted by molar-refractivity contribution is 0.107. The van der Waals surface area contributed by atoms with Gasteiger partial charge in [0.25, 0.3) is 10.8 Å². The average molecular weight is 305 g/mol. The molecule has 110 valence electrons. The van der Waals surface area contributed by atoms with Crippen molar-refractivity contribution in [2.45, 2.75) is 33.7 Å². The van der Waals surface area contributed by atoms with Gasteiger partial charge in [-0.2, -0.15) is 5.10 Å². The predicted molar refractivity (Wildman–Crippen MR) is 83.9 cm³/mol. The number of carbonyl (C=O) groups excluding carboxylic acids is 1. The Balaban J connectivity index is 2.68. The van der Waals surface area contributed by atoms with Crippen molar-refractivity contribution in [1.82, 2.24) is 9.78 Å². The van der Waals surface area contributed by atoms with E-state index >= 15 is 0 Å². The van der Waals surface area contributed by atoms with Gasteiger partial charge in [0.2, 0.25) is 0 Å². The van der Waals surface area contributed by atoms with Crippen LogP contribution in [0.3, 0.4) is 0 Å². The quantitative estimate of drug-likeness (QED) is 0.814. The molecule has 1 aromatic carbocycles. The van der Waals surface area contributed by atoms with Crippen LogP contribution in [0.2, 0.25) is 0 Å². The molecule has 0 amide bonds. The molecule has 0 fully saturated rings. The molecule has 0 spiro atoms. The van der Waals surface area contributed by atoms with Crippen LogP contribution in [0.4, 0.5) is 0 Å². The standard InChI is InChI=1S/C16H17ClN2O2/c1-4-7-19-16(21)13(15(17)20)9-14(18-19)12-6-5-10(2)8-11(12)3/h5-6,8-9H,4,7H2,1-3H3. The highest BCUT2D eigenvalue weighted by molar-refractivity contribution is 6.67. The SMILES string of the molecule is CCCn1nc(-c2ccc(C)cc2C)cc(C(=O)Cl)c1=O. The van der Waals surface area contributed by atoms with Gasteiger partial charge in [-0.05, 0) is 43.5 Å². The summed E-state index contributed by atoms with van der Waals surface area (Å²) in [7, 11) is 0. The molecule has 4 nitrogen and oxygen atoms in total. The fraction of sp³-hybridized carbons (Fsp3) is 0.312. The van der Waals surface area contributed by atoms with Crippen LogP contribution in [-0.4, -0.2) is 15.0 Å². The first-order chi connectivity index (χ1) is 9.93. The van der Waals surface area contributed by atoms with E-state index in [2.05, 4.69) is 5.10 Å². The normalized spacial score (nSPS) is 10.7. The lowest BCUT2D eigenvalue weighted by Gasteiger charge is -2.10. The number of benzene rings is 1. The van der Waals surface area contributed by atoms with Crippen LogP contribution in [0.1, 0.15) is 34.8 Å². The third-order valence-electron chi connectivity index (χ3n) is 3.28. The number of nitrogens with zero attached hydrogens (tertiary/aromatic N) is 2. The van der Waals surface area contributed by atoms with Crippen molar-refractivity contribution in [3.8, 4) is 11.3 Å². The Morgan fingerprint density at radius 2 is 2.00 bits per heavy atom. The first-order valence-electron chi connectivity index (χ1n) is 6.83. The molecule has 0 saturated carbocycles. The van der Waals surface area contributed by atoms with Crippen molar-refractivity contribution < 1.29 is 4.79 Å². The van der Waals surface area contributed by atoms with Crippen LogP contribution in [0.25, 0.3) is 11.3 Å². The van der Waals surface area contributed by atoms with E-state index in [9.17, 15) is 9.59 Å². The van der Waals surface area contributed by atoms with E-state index in [0.717, 1.165) is 23.1 Å². The van der Waals surface area contributed by atoms with Crippen LogP contribution in [0, 0.1) is 13.8 Å². The lowest BCUT2D eigenvalue weighted by atomic mass is 10.0. The van der Waals surface area contributed by atoms with Crippen molar-refractivity contribution >= 4 is 16.8 Å². The number of aryl methyl sites for hydroxylation is 3. The van der Waals surface area contributed by atoms with Crippen molar-refractivity contribution in [2.75, 3.05) is 0 Å². The summed E-state index contributed by atoms with van der Waals surface area (Å²) < 4.78 is 1.31. The fourth-order valence-corrected chi connectivity index (χ4v) is 2.41. The lowest BCUT2D eigenvalue weighted by Crippen LogP contribution is -2.28. The molecule has 1 aromatic heterocycles. The molecule has 5 heteroatoms. The monoisotopic (exact) mass is 304 g/mol. The topological polar surface area (TPSA) is 52.0 Å². The molecule has 0 radical (unpaired) electrons. The summed E-state index contributed by atoms with van der Waals surface area (Å²) in [6, 6.07) is 7.42. The number of rotatable bonds is 4. The van der Waals surface area contributed by atoms with Gasteiger partial charge < -0.3 is 0 Å². The second-order valence-electron chi connectivity index (χ2n) is 5.06. The third-order valence-corrected chi connectivity index (χ3v) is 3.48. The minimum atomic E-state index is -0.752. The summed E-state index contributed by atoms with van der Waals surface area (Å²) in [6.07, 6.45) is 0.749. The van der Waals surface area contributed by atoms with Gasteiger partial charge in [-0.1, -0.05) is 30.7 Å². The number of carbonyl (C=O) groups is 1. The molecule has 0 unspecified atom stereocenters. The Hall–Kier alpha value is -1.94. The number of aromatic nitrogens is 2. The molecular weight excluding hydrogens is 288 g/mol. The van der Waals surface area contributed by atoms with Gasteiger partial charge in [0.1, 0.15) is 5.56 Å². The molecule has 0 aliphatic carbocycles. The Morgan fingerprint density at radius 3 is 2.57 bits per heavy atom. The zero-order valence-corrected chi connectivity index (χ0v) is 13.1. The van der Waals surface area contributed by atoms with Crippen LogP contribution in [0.15, 0.2) is 29.1 Å². The summed E-state index contributed by atoms with van der Waals surface area (Å²) in [5, 5.41) is 3.61. The van der Waals surface area contributed by atoms with E-state index in [1.807, 2.05) is 39.0 Å². The highest BCUT2D eigenvalue weighted by atomic mass is 35.5. The number of hydrogen-bond acceptors (Lipinski definition) is 3. The zero-order chi connectivity index (χ0) is 15.6. The minimum Gasteiger partial charge on any atom is -0.275 e. The maximum atomic E-state index is 12.1. The van der Waals surface area contributed by atoms with Crippen molar-refractivity contribution in [2.24, 2.45) is 0 Å². The van der Waals surface area contributed by atoms with Crippen LogP contribution in [-0.2, 0) is 6.54 Å². The van der Waals surface area contributed by atoms with E-state index < -0.39 is 10.8 Å². The van der Waals surface area contributed by atoms with E-state index in [1.165, 1.54) is 10.7 Å². The Labute approximate surface area is 128 Å². The van der Waals surface area contributed by atoms with Gasteiger partial charge in [-0.3, -0.25) is 9.59 Å². The summed E-state index contributed by atoms with van der Waals surface area (Å²) in [4.78, 5) is 23.6. The maximum absolute atomic E-state index is 12.1. The van der Waals surface area contributed by atoms with Gasteiger partial charge in [0, 0.05) is 12.1 Å². The number of halogens is 1. The Bertz CT molecular complexity index is 750. The average Bonchev–Trinajstić information content (AvgIpc) is 2.41. The molecule has 0 bridgehead atoms. The maximum Gasteiger partial charge on any atom is 0.278 e. The molecule has 21 heavy (non-hydrogen) atoms. The van der Waals surface area contributed by atoms with Gasteiger partial charge in [0.15, 0.2) is 0 Å². The second-order valence-corrected chi connectivity index (χ2v) is 5.41. The molecule has 2 rings (SSSR count). The van der Waals surface area contributed by atoms with Crippen molar-refractivity contribution in [3.63, 3.8) is 0 Å². The molecular formula is C16H17ClN2O2. The van der Waals surface area contributed by atoms with E-state index in [-0.39, 0.29) is 5.56 Å².